The van der Waals surface area contributed by atoms with E-state index < -0.39 is 10.0 Å². The van der Waals surface area contributed by atoms with Crippen LogP contribution in [0.15, 0.2) is 29.2 Å². The van der Waals surface area contributed by atoms with Crippen LogP contribution in [-0.4, -0.2) is 59.6 Å². The second-order valence-electron chi connectivity index (χ2n) is 4.88. The summed E-state index contributed by atoms with van der Waals surface area (Å²) in [4.78, 5) is 13.6. The van der Waals surface area contributed by atoms with Crippen molar-refractivity contribution < 1.29 is 17.9 Å². The maximum Gasteiger partial charge on any atom is 0.241 e. The Balaban J connectivity index is 2.51. The van der Waals surface area contributed by atoms with Crippen LogP contribution in [-0.2, 0) is 14.8 Å². The summed E-state index contributed by atoms with van der Waals surface area (Å²) in [6.45, 7) is 3.23. The molecule has 0 radical (unpaired) electrons. The van der Waals surface area contributed by atoms with Gasteiger partial charge in [-0.3, -0.25) is 4.79 Å². The Morgan fingerprint density at radius 2 is 1.86 bits per heavy atom. The lowest BCUT2D eigenvalue weighted by atomic mass is 10.3. The molecule has 0 bridgehead atoms. The van der Waals surface area contributed by atoms with Crippen molar-refractivity contribution in [3.8, 4) is 5.75 Å². The van der Waals surface area contributed by atoms with E-state index in [-0.39, 0.29) is 17.3 Å². The number of carbonyl (C=O) groups excluding carboxylic acids is 1. The molecule has 0 aliphatic carbocycles. The third kappa shape index (κ3) is 6.42. The van der Waals surface area contributed by atoms with E-state index in [2.05, 4.69) is 10.0 Å². The molecule has 124 valence electrons. The van der Waals surface area contributed by atoms with E-state index in [1.165, 1.54) is 12.1 Å². The van der Waals surface area contributed by atoms with Crippen molar-refractivity contribution in [1.82, 2.24) is 14.9 Å². The number of carbonyl (C=O) groups is 1. The van der Waals surface area contributed by atoms with Gasteiger partial charge in [-0.2, -0.15) is 0 Å². The zero-order valence-electron chi connectivity index (χ0n) is 13.1. The van der Waals surface area contributed by atoms with Crippen molar-refractivity contribution in [3.05, 3.63) is 24.3 Å². The maximum absolute atomic E-state index is 12.0. The fraction of sp³-hybridized carbons (Fsp3) is 0.500. The van der Waals surface area contributed by atoms with Crippen molar-refractivity contribution in [2.45, 2.75) is 11.8 Å². The van der Waals surface area contributed by atoms with E-state index in [1.54, 1.807) is 12.1 Å². The molecule has 0 aliphatic heterocycles. The van der Waals surface area contributed by atoms with Crippen molar-refractivity contribution in [2.24, 2.45) is 0 Å². The van der Waals surface area contributed by atoms with Crippen LogP contribution in [0.25, 0.3) is 0 Å². The van der Waals surface area contributed by atoms with E-state index in [4.69, 9.17) is 4.74 Å². The lowest BCUT2D eigenvalue weighted by molar-refractivity contribution is -0.119. The van der Waals surface area contributed by atoms with Crippen LogP contribution in [0.3, 0.4) is 0 Å². The highest BCUT2D eigenvalue weighted by Gasteiger charge is 2.15. The Bertz CT molecular complexity index is 570. The summed E-state index contributed by atoms with van der Waals surface area (Å²) in [5, 5.41) is 2.64. The van der Waals surface area contributed by atoms with Gasteiger partial charge in [0.05, 0.1) is 18.0 Å². The molecule has 0 atom stereocenters. The Morgan fingerprint density at radius 3 is 2.41 bits per heavy atom. The SMILES string of the molecule is CCOc1ccc(S(=O)(=O)NCC(=O)NCCN(C)C)cc1. The number of rotatable bonds is 9. The van der Waals surface area contributed by atoms with Crippen LogP contribution < -0.4 is 14.8 Å². The van der Waals surface area contributed by atoms with Gasteiger partial charge in [-0.15, -0.1) is 0 Å². The summed E-state index contributed by atoms with van der Waals surface area (Å²) in [7, 11) is 0.0741. The van der Waals surface area contributed by atoms with Crippen LogP contribution in [0.5, 0.6) is 5.75 Å². The molecule has 0 saturated heterocycles. The minimum atomic E-state index is -3.71. The molecule has 0 saturated carbocycles. The molecular formula is C14H23N3O4S. The molecule has 2 N–H and O–H groups in total. The molecular weight excluding hydrogens is 306 g/mol. The normalized spacial score (nSPS) is 11.5. The number of hydrogen-bond acceptors (Lipinski definition) is 5. The van der Waals surface area contributed by atoms with E-state index in [0.717, 1.165) is 0 Å². The zero-order chi connectivity index (χ0) is 16.6. The number of ether oxygens (including phenoxy) is 1. The minimum Gasteiger partial charge on any atom is -0.494 e. The lowest BCUT2D eigenvalue weighted by Gasteiger charge is -2.11. The maximum atomic E-state index is 12.0. The van der Waals surface area contributed by atoms with Gasteiger partial charge in [0.25, 0.3) is 0 Å². The highest BCUT2D eigenvalue weighted by atomic mass is 32.2. The van der Waals surface area contributed by atoms with Crippen molar-refractivity contribution in [1.29, 1.82) is 0 Å². The quantitative estimate of drug-likeness (QED) is 0.668. The Morgan fingerprint density at radius 1 is 1.23 bits per heavy atom. The molecule has 1 aromatic carbocycles. The van der Waals surface area contributed by atoms with Gasteiger partial charge in [-0.1, -0.05) is 0 Å². The molecule has 1 amide bonds. The molecule has 0 aromatic heterocycles. The second-order valence-corrected chi connectivity index (χ2v) is 6.65. The number of hydrogen-bond donors (Lipinski definition) is 2. The van der Waals surface area contributed by atoms with Gasteiger partial charge in [0.15, 0.2) is 0 Å². The van der Waals surface area contributed by atoms with Crippen molar-refractivity contribution in [3.63, 3.8) is 0 Å². The van der Waals surface area contributed by atoms with Crippen molar-refractivity contribution in [2.75, 3.05) is 40.3 Å². The van der Waals surface area contributed by atoms with Crippen LogP contribution in [0.4, 0.5) is 0 Å². The molecule has 1 aromatic rings. The first-order valence-electron chi connectivity index (χ1n) is 6.99. The summed E-state index contributed by atoms with van der Waals surface area (Å²) in [6, 6.07) is 6.04. The Kier molecular flexibility index (Phi) is 7.30. The van der Waals surface area contributed by atoms with Crippen LogP contribution in [0.2, 0.25) is 0 Å². The van der Waals surface area contributed by atoms with Gasteiger partial charge < -0.3 is 15.0 Å². The van der Waals surface area contributed by atoms with Crippen LogP contribution in [0, 0.1) is 0 Å². The number of nitrogens with one attached hydrogen (secondary N) is 2. The van der Waals surface area contributed by atoms with Gasteiger partial charge in [-0.25, -0.2) is 13.1 Å². The minimum absolute atomic E-state index is 0.0945. The Labute approximate surface area is 131 Å². The van der Waals surface area contributed by atoms with Gasteiger partial charge in [0, 0.05) is 13.1 Å². The fourth-order valence-electron chi connectivity index (χ4n) is 1.61. The second kappa shape index (κ2) is 8.72. The highest BCUT2D eigenvalue weighted by molar-refractivity contribution is 7.89. The fourth-order valence-corrected chi connectivity index (χ4v) is 2.59. The highest BCUT2D eigenvalue weighted by Crippen LogP contribution is 2.15. The average Bonchev–Trinajstić information content (AvgIpc) is 2.46. The van der Waals surface area contributed by atoms with E-state index in [9.17, 15) is 13.2 Å². The summed E-state index contributed by atoms with van der Waals surface area (Å²) in [6.07, 6.45) is 0. The summed E-state index contributed by atoms with van der Waals surface area (Å²) >= 11 is 0. The van der Waals surface area contributed by atoms with Gasteiger partial charge in [0.1, 0.15) is 5.75 Å². The van der Waals surface area contributed by atoms with E-state index in [0.29, 0.717) is 25.4 Å². The molecule has 22 heavy (non-hydrogen) atoms. The molecule has 0 unspecified atom stereocenters. The van der Waals surface area contributed by atoms with Gasteiger partial charge >= 0.3 is 0 Å². The van der Waals surface area contributed by atoms with Gasteiger partial charge in [0.2, 0.25) is 15.9 Å². The third-order valence-corrected chi connectivity index (χ3v) is 4.17. The van der Waals surface area contributed by atoms with E-state index in [1.807, 2.05) is 25.9 Å². The molecule has 0 fully saturated rings. The topological polar surface area (TPSA) is 87.7 Å². The molecule has 8 heteroatoms. The van der Waals surface area contributed by atoms with Crippen LogP contribution in [0.1, 0.15) is 6.92 Å². The standard InChI is InChI=1S/C14H23N3O4S/c1-4-21-12-5-7-13(8-6-12)22(19,20)16-11-14(18)15-9-10-17(2)3/h5-8,16H,4,9-11H2,1-3H3,(H,15,18). The molecule has 0 aliphatic rings. The number of amides is 1. The van der Waals surface area contributed by atoms with Gasteiger partial charge in [-0.05, 0) is 45.3 Å². The molecule has 1 rings (SSSR count). The first-order valence-corrected chi connectivity index (χ1v) is 8.47. The third-order valence-electron chi connectivity index (χ3n) is 2.75. The summed E-state index contributed by atoms with van der Waals surface area (Å²) < 4.78 is 31.6. The number of sulfonamides is 1. The summed E-state index contributed by atoms with van der Waals surface area (Å²) in [5.41, 5.74) is 0. The van der Waals surface area contributed by atoms with Crippen molar-refractivity contribution >= 4 is 15.9 Å². The lowest BCUT2D eigenvalue weighted by Crippen LogP contribution is -2.39. The van der Waals surface area contributed by atoms with E-state index >= 15 is 0 Å². The molecule has 7 nitrogen and oxygen atoms in total. The first kappa shape index (κ1) is 18.4. The smallest absolute Gasteiger partial charge is 0.241 e. The summed E-state index contributed by atoms with van der Waals surface area (Å²) in [5.74, 6) is 0.235. The van der Waals surface area contributed by atoms with Crippen LogP contribution >= 0.6 is 0 Å². The monoisotopic (exact) mass is 329 g/mol. The largest absolute Gasteiger partial charge is 0.494 e. The number of likely N-dealkylation sites (N-methyl/N-ethyl adjacent to an activating group) is 1. The Hall–Kier alpha value is -1.64. The first-order chi connectivity index (χ1) is 10.3. The number of nitrogens with zero attached hydrogens (tertiary/aromatic N) is 1. The predicted octanol–water partition coefficient (Wildman–Crippen LogP) is 0.0414. The molecule has 0 heterocycles. The zero-order valence-corrected chi connectivity index (χ0v) is 13.9. The number of benzene rings is 1. The molecule has 0 spiro atoms. The average molecular weight is 329 g/mol. The predicted molar refractivity (Wildman–Crippen MR) is 84.4 cm³/mol.